The van der Waals surface area contributed by atoms with Gasteiger partial charge in [0.15, 0.2) is 0 Å². The van der Waals surface area contributed by atoms with Gasteiger partial charge in [-0.15, -0.1) is 11.3 Å². The highest BCUT2D eigenvalue weighted by molar-refractivity contribution is 7.16. The van der Waals surface area contributed by atoms with Crippen LogP contribution >= 0.6 is 22.9 Å². The van der Waals surface area contributed by atoms with Crippen LogP contribution in [0, 0.1) is 12.8 Å². The minimum atomic E-state index is -0.841. The van der Waals surface area contributed by atoms with Crippen molar-refractivity contribution in [2.45, 2.75) is 89.5 Å². The molecule has 2 heterocycles. The fourth-order valence-electron chi connectivity index (χ4n) is 5.00. The molecule has 9 heteroatoms. The zero-order chi connectivity index (χ0) is 24.9. The summed E-state index contributed by atoms with van der Waals surface area (Å²) in [5.41, 5.74) is 1.71. The summed E-state index contributed by atoms with van der Waals surface area (Å²) in [6.45, 7) is 3.96. The molecule has 0 radical (unpaired) electrons. The first kappa shape index (κ1) is 25.9. The number of nitrogens with zero attached hydrogens (tertiary/aromatic N) is 2. The lowest BCUT2D eigenvalue weighted by Crippen LogP contribution is -2.53. The van der Waals surface area contributed by atoms with Gasteiger partial charge in [0, 0.05) is 17.1 Å². The molecule has 0 unspecified atom stereocenters. The van der Waals surface area contributed by atoms with E-state index in [0.29, 0.717) is 30.2 Å². The number of halogens is 2. The van der Waals surface area contributed by atoms with Crippen LogP contribution in [0.15, 0.2) is 24.4 Å². The van der Waals surface area contributed by atoms with Crippen molar-refractivity contribution in [1.82, 2.24) is 10.3 Å². The Hall–Kier alpha value is -2.19. The fraction of sp³-hybridized carbons (Fsp3) is 0.577. The van der Waals surface area contributed by atoms with Crippen LogP contribution in [0.4, 0.5) is 15.1 Å². The van der Waals surface area contributed by atoms with E-state index in [9.17, 15) is 14.0 Å². The zero-order valence-electron chi connectivity index (χ0n) is 20.3. The average molecular weight is 521 g/mol. The van der Waals surface area contributed by atoms with E-state index in [4.69, 9.17) is 11.6 Å². The molecule has 6 nitrogen and oxygen atoms in total. The molecule has 0 spiro atoms. The highest BCUT2D eigenvalue weighted by Gasteiger charge is 2.35. The lowest BCUT2D eigenvalue weighted by atomic mass is 9.84. The van der Waals surface area contributed by atoms with Crippen LogP contribution in [0.5, 0.6) is 0 Å². The van der Waals surface area contributed by atoms with Crippen LogP contribution < -0.4 is 15.5 Å². The molecule has 4 rings (SSSR count). The molecule has 2 amide bonds. The summed E-state index contributed by atoms with van der Waals surface area (Å²) in [6, 6.07) is 4.96. The Morgan fingerprint density at radius 3 is 2.74 bits per heavy atom. The zero-order valence-corrected chi connectivity index (χ0v) is 21.9. The summed E-state index contributed by atoms with van der Waals surface area (Å²) in [7, 11) is 0. The number of aryl methyl sites for hydroxylation is 1. The van der Waals surface area contributed by atoms with Gasteiger partial charge in [-0.2, -0.15) is 0 Å². The summed E-state index contributed by atoms with van der Waals surface area (Å²) in [5, 5.41) is 7.73. The number of alkyl halides is 1. The van der Waals surface area contributed by atoms with Gasteiger partial charge < -0.3 is 10.6 Å². The molecule has 0 aliphatic heterocycles. The largest absolute Gasteiger partial charge is 0.376 e. The first-order valence-corrected chi connectivity index (χ1v) is 13.7. The van der Waals surface area contributed by atoms with Gasteiger partial charge in [0.25, 0.3) is 0 Å². The van der Waals surface area contributed by atoms with Gasteiger partial charge >= 0.3 is 0 Å². The van der Waals surface area contributed by atoms with E-state index in [2.05, 4.69) is 15.6 Å². The lowest BCUT2D eigenvalue weighted by molar-refractivity contribution is -0.126. The van der Waals surface area contributed by atoms with Crippen molar-refractivity contribution in [2.24, 2.45) is 5.92 Å². The van der Waals surface area contributed by atoms with Crippen molar-refractivity contribution >= 4 is 45.9 Å². The highest BCUT2D eigenvalue weighted by atomic mass is 35.5. The second-order valence-electron chi connectivity index (χ2n) is 9.87. The summed E-state index contributed by atoms with van der Waals surface area (Å²) >= 11 is 7.60. The third-order valence-corrected chi connectivity index (χ3v) is 8.67. The van der Waals surface area contributed by atoms with Gasteiger partial charge in [0.1, 0.15) is 12.2 Å². The van der Waals surface area contributed by atoms with E-state index >= 15 is 0 Å². The first-order chi connectivity index (χ1) is 16.8. The molecule has 190 valence electrons. The van der Waals surface area contributed by atoms with Gasteiger partial charge in [-0.25, -0.2) is 4.39 Å². The number of hydrogen-bond donors (Lipinski definition) is 2. The van der Waals surface area contributed by atoms with E-state index < -0.39 is 12.2 Å². The molecule has 2 aliphatic carbocycles. The molecular formula is C26H34ClFN4O2S. The number of thiophene rings is 1. The van der Waals surface area contributed by atoms with Gasteiger partial charge in [0.05, 0.1) is 27.4 Å². The van der Waals surface area contributed by atoms with Crippen LogP contribution in [-0.2, 0) is 9.59 Å². The molecule has 2 saturated carbocycles. The molecule has 2 aromatic rings. The molecule has 2 aliphatic rings. The maximum Gasteiger partial charge on any atom is 0.243 e. The smallest absolute Gasteiger partial charge is 0.243 e. The Labute approximate surface area is 215 Å². The number of carbonyl (C=O) groups is 2. The number of carbonyl (C=O) groups excluding carboxylic acids is 2. The second kappa shape index (κ2) is 11.7. The number of anilines is 2. The molecular weight excluding hydrogens is 487 g/mol. The third-order valence-electron chi connectivity index (χ3n) is 7.18. The summed E-state index contributed by atoms with van der Waals surface area (Å²) in [5.74, 6) is 0.233. The Balaban J connectivity index is 1.50. The molecule has 2 N–H and O–H groups in total. The monoisotopic (exact) mass is 520 g/mol. The number of rotatable bonds is 10. The molecule has 2 atom stereocenters. The SMILES string of the molecule is Cc1ncc(Cl)cc1N[C@@H](C)c1ccc(N(C=O)[C@@H](CC2CCCCC2)C(=O)NC2CC(F)C2)s1. The number of aromatic nitrogens is 1. The van der Waals surface area contributed by atoms with Crippen LogP contribution in [0.2, 0.25) is 5.02 Å². The number of hydrogen-bond acceptors (Lipinski definition) is 5. The minimum absolute atomic E-state index is 0.0386. The van der Waals surface area contributed by atoms with E-state index in [1.807, 2.05) is 32.0 Å². The quantitative estimate of drug-likeness (QED) is 0.366. The minimum Gasteiger partial charge on any atom is -0.376 e. The van der Waals surface area contributed by atoms with Gasteiger partial charge in [-0.05, 0) is 57.2 Å². The number of pyridine rings is 1. The van der Waals surface area contributed by atoms with E-state index in [1.54, 1.807) is 11.1 Å². The van der Waals surface area contributed by atoms with Gasteiger partial charge in [-0.1, -0.05) is 43.7 Å². The van der Waals surface area contributed by atoms with E-state index in [0.717, 1.165) is 53.4 Å². The van der Waals surface area contributed by atoms with Gasteiger partial charge in [0.2, 0.25) is 12.3 Å². The standard InChI is InChI=1S/C26H34ClFN4O2S/c1-16-22(11-19(27)14-29-16)30-17(2)24-8-9-25(35-24)32(15-33)23(10-18-6-4-3-5-7-18)26(34)31-21-12-20(28)13-21/h8-9,11,14-15,17-18,20-21,23,30H,3-7,10,12-13H2,1-2H3,(H,31,34)/t17-,20?,21?,23-/m0/s1. The normalized spacial score (nSPS) is 22.1. The summed E-state index contributed by atoms with van der Waals surface area (Å²) in [4.78, 5) is 32.5. The van der Waals surface area contributed by atoms with E-state index in [-0.39, 0.29) is 18.0 Å². The van der Waals surface area contributed by atoms with Crippen molar-refractivity contribution in [1.29, 1.82) is 0 Å². The molecule has 2 fully saturated rings. The predicted molar refractivity (Wildman–Crippen MR) is 140 cm³/mol. The topological polar surface area (TPSA) is 74.3 Å². The Morgan fingerprint density at radius 1 is 1.31 bits per heavy atom. The van der Waals surface area contributed by atoms with Crippen molar-refractivity contribution in [3.05, 3.63) is 40.0 Å². The summed E-state index contributed by atoms with van der Waals surface area (Å²) < 4.78 is 13.3. The van der Waals surface area contributed by atoms with E-state index in [1.165, 1.54) is 17.8 Å². The van der Waals surface area contributed by atoms with Crippen LogP contribution in [-0.4, -0.2) is 35.6 Å². The van der Waals surface area contributed by atoms with Crippen LogP contribution in [0.25, 0.3) is 0 Å². The molecule has 2 aromatic heterocycles. The third kappa shape index (κ3) is 6.53. The average Bonchev–Trinajstić information content (AvgIpc) is 3.31. The molecule has 0 bridgehead atoms. The first-order valence-electron chi connectivity index (χ1n) is 12.5. The Bertz CT molecular complexity index is 1020. The number of amides is 2. The predicted octanol–water partition coefficient (Wildman–Crippen LogP) is 6.20. The Kier molecular flexibility index (Phi) is 8.65. The van der Waals surface area contributed by atoms with Crippen molar-refractivity contribution < 1.29 is 14.0 Å². The number of nitrogens with one attached hydrogen (secondary N) is 2. The molecule has 0 aromatic carbocycles. The van der Waals surface area contributed by atoms with Crippen molar-refractivity contribution in [3.63, 3.8) is 0 Å². The summed E-state index contributed by atoms with van der Waals surface area (Å²) in [6.07, 6.45) is 8.60. The molecule has 0 saturated heterocycles. The highest BCUT2D eigenvalue weighted by Crippen LogP contribution is 2.36. The lowest BCUT2D eigenvalue weighted by Gasteiger charge is -2.35. The fourth-order valence-corrected chi connectivity index (χ4v) is 6.18. The second-order valence-corrected chi connectivity index (χ2v) is 11.4. The van der Waals surface area contributed by atoms with Crippen LogP contribution in [0.3, 0.4) is 0 Å². The Morgan fingerprint density at radius 2 is 2.06 bits per heavy atom. The maximum atomic E-state index is 13.3. The van der Waals surface area contributed by atoms with Crippen LogP contribution in [0.1, 0.15) is 74.9 Å². The maximum absolute atomic E-state index is 13.3. The van der Waals surface area contributed by atoms with Crippen molar-refractivity contribution in [3.8, 4) is 0 Å². The van der Waals surface area contributed by atoms with Crippen molar-refractivity contribution in [2.75, 3.05) is 10.2 Å². The molecule has 35 heavy (non-hydrogen) atoms. The van der Waals surface area contributed by atoms with Gasteiger partial charge in [-0.3, -0.25) is 19.5 Å².